The highest BCUT2D eigenvalue weighted by Gasteiger charge is 2.19. The van der Waals surface area contributed by atoms with Crippen molar-refractivity contribution in [2.24, 2.45) is 0 Å². The van der Waals surface area contributed by atoms with Gasteiger partial charge in [-0.15, -0.1) is 5.10 Å². The van der Waals surface area contributed by atoms with Gasteiger partial charge in [0.2, 0.25) is 0 Å². The van der Waals surface area contributed by atoms with E-state index in [9.17, 15) is 18.3 Å². The highest BCUT2D eigenvalue weighted by atomic mass is 19.1. The van der Waals surface area contributed by atoms with Crippen molar-refractivity contribution < 1.29 is 18.3 Å². The van der Waals surface area contributed by atoms with Gasteiger partial charge in [-0.05, 0) is 24.3 Å². The van der Waals surface area contributed by atoms with E-state index in [0.29, 0.717) is 0 Å². The Morgan fingerprint density at radius 1 is 1.00 bits per heavy atom. The first kappa shape index (κ1) is 14.3. The Hall–Kier alpha value is -2.67. The number of benzene rings is 2. The maximum atomic E-state index is 13.9. The number of aliphatic hydroxyl groups is 1. The van der Waals surface area contributed by atoms with Gasteiger partial charge in [0.1, 0.15) is 34.5 Å². The monoisotopic (exact) mass is 305 g/mol. The number of aliphatic hydroxyl groups excluding tert-OH is 1. The van der Waals surface area contributed by atoms with Crippen LogP contribution in [0.5, 0.6) is 0 Å². The van der Waals surface area contributed by atoms with E-state index in [-0.39, 0.29) is 22.6 Å². The fourth-order valence-corrected chi connectivity index (χ4v) is 2.19. The molecule has 0 unspecified atom stereocenters. The van der Waals surface area contributed by atoms with Crippen molar-refractivity contribution in [3.05, 3.63) is 65.6 Å². The van der Waals surface area contributed by atoms with Gasteiger partial charge < -0.3 is 5.11 Å². The highest BCUT2D eigenvalue weighted by Crippen LogP contribution is 2.27. The predicted octanol–water partition coefficient (Wildman–Crippen LogP) is 2.84. The fourth-order valence-electron chi connectivity index (χ4n) is 2.19. The summed E-state index contributed by atoms with van der Waals surface area (Å²) in [6.45, 7) is -0.498. The van der Waals surface area contributed by atoms with E-state index in [1.807, 2.05) is 0 Å². The minimum absolute atomic E-state index is 0.0642. The second kappa shape index (κ2) is 5.61. The molecular weight excluding hydrogens is 295 g/mol. The number of hydrogen-bond donors (Lipinski definition) is 1. The number of rotatable bonds is 3. The van der Waals surface area contributed by atoms with Crippen LogP contribution in [0.25, 0.3) is 16.9 Å². The van der Waals surface area contributed by atoms with Gasteiger partial charge in [-0.2, -0.15) is 0 Å². The van der Waals surface area contributed by atoms with E-state index in [1.165, 1.54) is 18.2 Å². The van der Waals surface area contributed by atoms with Crippen molar-refractivity contribution >= 4 is 0 Å². The van der Waals surface area contributed by atoms with Crippen LogP contribution in [0.1, 0.15) is 5.69 Å². The topological polar surface area (TPSA) is 50.9 Å². The van der Waals surface area contributed by atoms with E-state index >= 15 is 0 Å². The number of para-hydroxylation sites is 1. The molecule has 1 N–H and O–H groups in total. The zero-order valence-corrected chi connectivity index (χ0v) is 11.2. The molecule has 3 rings (SSSR count). The summed E-state index contributed by atoms with van der Waals surface area (Å²) in [7, 11) is 0. The summed E-state index contributed by atoms with van der Waals surface area (Å²) in [5.41, 5.74) is 0.392. The number of halogens is 3. The van der Waals surface area contributed by atoms with Gasteiger partial charge >= 0.3 is 0 Å². The summed E-state index contributed by atoms with van der Waals surface area (Å²) < 4.78 is 41.9. The smallest absolute Gasteiger partial charge is 0.148 e. The van der Waals surface area contributed by atoms with Crippen LogP contribution in [0, 0.1) is 17.5 Å². The molecule has 4 nitrogen and oxygen atoms in total. The van der Waals surface area contributed by atoms with Crippen LogP contribution in [0.3, 0.4) is 0 Å². The second-order valence-corrected chi connectivity index (χ2v) is 4.56. The zero-order valence-electron chi connectivity index (χ0n) is 11.2. The van der Waals surface area contributed by atoms with E-state index in [4.69, 9.17) is 0 Å². The molecule has 0 saturated carbocycles. The lowest BCUT2D eigenvalue weighted by Gasteiger charge is -2.09. The van der Waals surface area contributed by atoms with E-state index in [0.717, 1.165) is 22.9 Å². The number of nitrogens with zero attached hydrogens (tertiary/aromatic N) is 3. The molecule has 1 heterocycles. The van der Waals surface area contributed by atoms with Crippen LogP contribution in [-0.2, 0) is 6.61 Å². The Bertz CT molecular complexity index is 812. The first-order valence-corrected chi connectivity index (χ1v) is 6.37. The lowest BCUT2D eigenvalue weighted by Crippen LogP contribution is -2.03. The third kappa shape index (κ3) is 2.46. The maximum Gasteiger partial charge on any atom is 0.148 e. The maximum absolute atomic E-state index is 13.9. The van der Waals surface area contributed by atoms with Gasteiger partial charge in [-0.3, -0.25) is 0 Å². The molecule has 0 radical (unpaired) electrons. The minimum atomic E-state index is -0.792. The molecule has 22 heavy (non-hydrogen) atoms. The van der Waals surface area contributed by atoms with Crippen molar-refractivity contribution in [2.45, 2.75) is 6.61 Å². The predicted molar refractivity (Wildman–Crippen MR) is 72.6 cm³/mol. The molecule has 0 fully saturated rings. The summed E-state index contributed by atoms with van der Waals surface area (Å²) in [4.78, 5) is 0. The fraction of sp³-hybridized carbons (Fsp3) is 0.0667. The average molecular weight is 305 g/mol. The molecule has 0 bridgehead atoms. The quantitative estimate of drug-likeness (QED) is 0.809. The Balaban J connectivity index is 2.26. The van der Waals surface area contributed by atoms with Crippen LogP contribution < -0.4 is 0 Å². The Morgan fingerprint density at radius 3 is 2.32 bits per heavy atom. The molecule has 0 saturated heterocycles. The molecule has 0 aliphatic rings. The van der Waals surface area contributed by atoms with Crippen LogP contribution in [-0.4, -0.2) is 20.1 Å². The highest BCUT2D eigenvalue weighted by molar-refractivity contribution is 5.64. The lowest BCUT2D eigenvalue weighted by atomic mass is 10.1. The zero-order chi connectivity index (χ0) is 15.7. The Labute approximate surface area is 123 Å². The van der Waals surface area contributed by atoms with E-state index in [1.54, 1.807) is 6.07 Å². The lowest BCUT2D eigenvalue weighted by molar-refractivity contribution is 0.277. The van der Waals surface area contributed by atoms with Crippen molar-refractivity contribution in [1.29, 1.82) is 0 Å². The van der Waals surface area contributed by atoms with Crippen molar-refractivity contribution in [3.8, 4) is 16.9 Å². The summed E-state index contributed by atoms with van der Waals surface area (Å²) >= 11 is 0. The number of aromatic nitrogens is 3. The van der Waals surface area contributed by atoms with Gasteiger partial charge in [0.15, 0.2) is 0 Å². The van der Waals surface area contributed by atoms with E-state index < -0.39 is 24.1 Å². The molecule has 3 aromatic rings. The molecule has 7 heteroatoms. The van der Waals surface area contributed by atoms with Gasteiger partial charge in [0.25, 0.3) is 0 Å². The SMILES string of the molecule is OCc1nnn(-c2ccccc2F)c1-c1cc(F)cc(F)c1. The first-order chi connectivity index (χ1) is 10.6. The molecule has 1 aromatic heterocycles. The minimum Gasteiger partial charge on any atom is -0.390 e. The molecule has 0 aliphatic heterocycles. The summed E-state index contributed by atoms with van der Waals surface area (Å²) in [6, 6.07) is 8.63. The third-order valence-corrected chi connectivity index (χ3v) is 3.11. The van der Waals surface area contributed by atoms with Gasteiger partial charge in [-0.25, -0.2) is 17.9 Å². The van der Waals surface area contributed by atoms with Crippen LogP contribution in [0.2, 0.25) is 0 Å². The molecule has 0 amide bonds. The van der Waals surface area contributed by atoms with Crippen LogP contribution in [0.4, 0.5) is 13.2 Å². The molecule has 112 valence electrons. The Kier molecular flexibility index (Phi) is 3.64. The van der Waals surface area contributed by atoms with Gasteiger partial charge in [0, 0.05) is 11.6 Å². The first-order valence-electron chi connectivity index (χ1n) is 6.37. The van der Waals surface area contributed by atoms with Crippen molar-refractivity contribution in [1.82, 2.24) is 15.0 Å². The average Bonchev–Trinajstić information content (AvgIpc) is 2.90. The second-order valence-electron chi connectivity index (χ2n) is 4.56. The summed E-state index contributed by atoms with van der Waals surface area (Å²) in [6.07, 6.45) is 0. The van der Waals surface area contributed by atoms with Crippen LogP contribution in [0.15, 0.2) is 42.5 Å². The third-order valence-electron chi connectivity index (χ3n) is 3.11. The molecule has 0 atom stereocenters. The van der Waals surface area contributed by atoms with Crippen molar-refractivity contribution in [3.63, 3.8) is 0 Å². The van der Waals surface area contributed by atoms with Gasteiger partial charge in [0.05, 0.1) is 6.61 Å². The standard InChI is InChI=1S/C15H10F3N3O/c16-10-5-9(6-11(17)7-10)15-13(8-22)19-20-21(15)14-4-2-1-3-12(14)18/h1-7,22H,8H2. The summed E-state index contributed by atoms with van der Waals surface area (Å²) in [5, 5.41) is 16.9. The molecule has 0 spiro atoms. The molecule has 2 aromatic carbocycles. The van der Waals surface area contributed by atoms with Crippen molar-refractivity contribution in [2.75, 3.05) is 0 Å². The van der Waals surface area contributed by atoms with Crippen LogP contribution >= 0.6 is 0 Å². The normalized spacial score (nSPS) is 10.9. The largest absolute Gasteiger partial charge is 0.390 e. The van der Waals surface area contributed by atoms with Gasteiger partial charge in [-0.1, -0.05) is 17.3 Å². The molecule has 0 aliphatic carbocycles. The Morgan fingerprint density at radius 2 is 1.68 bits per heavy atom. The van der Waals surface area contributed by atoms with E-state index in [2.05, 4.69) is 10.3 Å². The summed E-state index contributed by atoms with van der Waals surface area (Å²) in [5.74, 6) is -2.16. The molecular formula is C15H10F3N3O. The number of hydrogen-bond acceptors (Lipinski definition) is 3.